The van der Waals surface area contributed by atoms with Crippen molar-refractivity contribution in [1.82, 2.24) is 10.4 Å². The second-order valence-corrected chi connectivity index (χ2v) is 13.3. The molecule has 0 saturated heterocycles. The lowest BCUT2D eigenvalue weighted by Crippen LogP contribution is -2.20. The number of anilines is 2. The van der Waals surface area contributed by atoms with Crippen LogP contribution in [0.4, 0.5) is 29.3 Å². The molecule has 0 spiro atoms. The van der Waals surface area contributed by atoms with Crippen molar-refractivity contribution in [3.05, 3.63) is 106 Å². The minimum atomic E-state index is -4.67. The number of phenols is 1. The summed E-state index contributed by atoms with van der Waals surface area (Å²) < 4.78 is 45.2. The quantitative estimate of drug-likeness (QED) is 0.114. The number of benzene rings is 3. The van der Waals surface area contributed by atoms with Gasteiger partial charge in [-0.2, -0.15) is 18.3 Å². The standard InChI is InChI=1S/C35H35ClF3N5O4/c1-33(2,3)26-15-20(16-27(30(26)45)34(4,5)6)19-41-44-31(46)29-18-24(13-14-40-29)48-23-10-7-21(8-11-23)42-32(47)43-22-9-12-28(36)25(17-22)35(37,38)39/h7-19,45H,1-6H3,(H,44,46)(H2,42,43,47)/b41-19+. The summed E-state index contributed by atoms with van der Waals surface area (Å²) in [6.07, 6.45) is -1.76. The van der Waals surface area contributed by atoms with Gasteiger partial charge in [-0.1, -0.05) is 53.1 Å². The number of carbonyl (C=O) groups excluding carboxylic acids is 2. The van der Waals surface area contributed by atoms with Crippen LogP contribution in [0.2, 0.25) is 5.02 Å². The van der Waals surface area contributed by atoms with Crippen LogP contribution in [0.15, 0.2) is 78.0 Å². The number of halogens is 4. The highest BCUT2D eigenvalue weighted by atomic mass is 35.5. The molecule has 0 saturated carbocycles. The summed E-state index contributed by atoms with van der Waals surface area (Å²) in [6, 6.07) is 15.1. The molecule has 4 aromatic rings. The molecule has 252 valence electrons. The van der Waals surface area contributed by atoms with E-state index in [1.54, 1.807) is 18.2 Å². The Labute approximate surface area is 281 Å². The molecule has 13 heteroatoms. The topological polar surface area (TPSA) is 125 Å². The number of amides is 3. The van der Waals surface area contributed by atoms with E-state index in [4.69, 9.17) is 16.3 Å². The van der Waals surface area contributed by atoms with Gasteiger partial charge in [-0.25, -0.2) is 10.2 Å². The number of carbonyl (C=O) groups is 2. The van der Waals surface area contributed by atoms with E-state index in [1.165, 1.54) is 36.7 Å². The van der Waals surface area contributed by atoms with E-state index >= 15 is 0 Å². The van der Waals surface area contributed by atoms with Crippen LogP contribution in [0.3, 0.4) is 0 Å². The normalized spacial score (nSPS) is 12.1. The van der Waals surface area contributed by atoms with Gasteiger partial charge in [0.1, 0.15) is 22.9 Å². The van der Waals surface area contributed by atoms with E-state index in [-0.39, 0.29) is 28.0 Å². The van der Waals surface area contributed by atoms with Gasteiger partial charge in [0.05, 0.1) is 16.8 Å². The molecule has 1 aromatic heterocycles. The number of rotatable bonds is 7. The molecule has 0 aliphatic rings. The number of pyridine rings is 1. The highest BCUT2D eigenvalue weighted by Gasteiger charge is 2.33. The Morgan fingerprint density at radius 1 is 0.812 bits per heavy atom. The number of hydrogen-bond acceptors (Lipinski definition) is 6. The van der Waals surface area contributed by atoms with E-state index in [1.807, 2.05) is 53.7 Å². The van der Waals surface area contributed by atoms with Crippen LogP contribution < -0.4 is 20.8 Å². The van der Waals surface area contributed by atoms with E-state index < -0.39 is 28.7 Å². The second kappa shape index (κ2) is 13.9. The monoisotopic (exact) mass is 681 g/mol. The van der Waals surface area contributed by atoms with Crippen LogP contribution in [0.5, 0.6) is 17.2 Å². The SMILES string of the molecule is CC(C)(C)c1cc(/C=N/NC(=O)c2cc(Oc3ccc(NC(=O)Nc4ccc(Cl)c(C(F)(F)F)c4)cc3)ccn2)cc(C(C)(C)C)c1O. The third-order valence-corrected chi connectivity index (χ3v) is 7.30. The fourth-order valence-electron chi connectivity index (χ4n) is 4.55. The fraction of sp³-hybridized carbons (Fsp3) is 0.257. The average Bonchev–Trinajstić information content (AvgIpc) is 2.98. The van der Waals surface area contributed by atoms with E-state index in [2.05, 4.69) is 26.1 Å². The third kappa shape index (κ3) is 9.25. The fourth-order valence-corrected chi connectivity index (χ4v) is 4.78. The average molecular weight is 682 g/mol. The zero-order chi connectivity index (χ0) is 35.4. The lowest BCUT2D eigenvalue weighted by Gasteiger charge is -2.27. The van der Waals surface area contributed by atoms with Gasteiger partial charge in [0, 0.05) is 34.8 Å². The predicted molar refractivity (Wildman–Crippen MR) is 180 cm³/mol. The first-order valence-electron chi connectivity index (χ1n) is 14.7. The summed E-state index contributed by atoms with van der Waals surface area (Å²) >= 11 is 5.63. The van der Waals surface area contributed by atoms with Crippen molar-refractivity contribution < 1.29 is 32.6 Å². The number of hydrogen-bond donors (Lipinski definition) is 4. The molecule has 48 heavy (non-hydrogen) atoms. The van der Waals surface area contributed by atoms with Gasteiger partial charge in [0.25, 0.3) is 5.91 Å². The lowest BCUT2D eigenvalue weighted by atomic mass is 9.78. The first-order chi connectivity index (χ1) is 22.3. The Bertz CT molecular complexity index is 1810. The van der Waals surface area contributed by atoms with Gasteiger partial charge in [0.15, 0.2) is 0 Å². The molecule has 3 aromatic carbocycles. The number of nitrogens with one attached hydrogen (secondary N) is 3. The predicted octanol–water partition coefficient (Wildman–Crippen LogP) is 9.25. The van der Waals surface area contributed by atoms with Crippen molar-refractivity contribution in [2.24, 2.45) is 5.10 Å². The molecule has 0 aliphatic heterocycles. The highest BCUT2D eigenvalue weighted by Crippen LogP contribution is 2.40. The zero-order valence-electron chi connectivity index (χ0n) is 27.1. The molecular weight excluding hydrogens is 647 g/mol. The van der Waals surface area contributed by atoms with Crippen molar-refractivity contribution in [3.8, 4) is 17.2 Å². The van der Waals surface area contributed by atoms with Crippen molar-refractivity contribution in [3.63, 3.8) is 0 Å². The van der Waals surface area contributed by atoms with Crippen molar-refractivity contribution >= 4 is 41.1 Å². The summed E-state index contributed by atoms with van der Waals surface area (Å²) in [5.41, 5.74) is 3.31. The smallest absolute Gasteiger partial charge is 0.417 e. The molecule has 9 nitrogen and oxygen atoms in total. The van der Waals surface area contributed by atoms with Crippen LogP contribution in [0.25, 0.3) is 0 Å². The second-order valence-electron chi connectivity index (χ2n) is 12.9. The number of ether oxygens (including phenoxy) is 1. The molecule has 0 unspecified atom stereocenters. The maximum Gasteiger partial charge on any atom is 0.417 e. The summed E-state index contributed by atoms with van der Waals surface area (Å²) in [6.45, 7) is 12.0. The van der Waals surface area contributed by atoms with Gasteiger partial charge in [0.2, 0.25) is 0 Å². The number of nitrogens with zero attached hydrogens (tertiary/aromatic N) is 2. The Balaban J connectivity index is 1.38. The van der Waals surface area contributed by atoms with E-state index in [0.717, 1.165) is 23.3 Å². The first kappa shape index (κ1) is 35.7. The Morgan fingerprint density at radius 3 is 1.98 bits per heavy atom. The van der Waals surface area contributed by atoms with Gasteiger partial charge < -0.3 is 20.5 Å². The van der Waals surface area contributed by atoms with Gasteiger partial charge in [-0.3, -0.25) is 9.78 Å². The number of hydrazone groups is 1. The summed E-state index contributed by atoms with van der Waals surface area (Å²) in [4.78, 5) is 29.3. The van der Waals surface area contributed by atoms with E-state index in [9.17, 15) is 27.9 Å². The van der Waals surface area contributed by atoms with Crippen LogP contribution >= 0.6 is 11.6 Å². The minimum Gasteiger partial charge on any atom is -0.507 e. The number of aromatic hydroxyl groups is 1. The van der Waals surface area contributed by atoms with Crippen LogP contribution in [0, 0.1) is 0 Å². The van der Waals surface area contributed by atoms with Crippen molar-refractivity contribution in [2.75, 3.05) is 10.6 Å². The van der Waals surface area contributed by atoms with Gasteiger partial charge in [-0.15, -0.1) is 0 Å². The molecule has 0 fully saturated rings. The molecular formula is C35H35ClF3N5O4. The molecule has 0 aliphatic carbocycles. The molecule has 3 amide bonds. The molecule has 1 heterocycles. The summed E-state index contributed by atoms with van der Waals surface area (Å²) in [5.74, 6) is 0.356. The van der Waals surface area contributed by atoms with Gasteiger partial charge in [-0.05, 0) is 77.1 Å². The molecule has 0 atom stereocenters. The maximum absolute atomic E-state index is 13.1. The largest absolute Gasteiger partial charge is 0.507 e. The summed E-state index contributed by atoms with van der Waals surface area (Å²) in [5, 5.41) is 19.4. The van der Waals surface area contributed by atoms with E-state index in [0.29, 0.717) is 22.7 Å². The lowest BCUT2D eigenvalue weighted by molar-refractivity contribution is -0.137. The van der Waals surface area contributed by atoms with Crippen LogP contribution in [-0.4, -0.2) is 28.2 Å². The highest BCUT2D eigenvalue weighted by molar-refractivity contribution is 6.31. The molecule has 0 bridgehead atoms. The molecule has 0 radical (unpaired) electrons. The molecule has 4 rings (SSSR count). The van der Waals surface area contributed by atoms with Crippen LogP contribution in [-0.2, 0) is 17.0 Å². The van der Waals surface area contributed by atoms with Gasteiger partial charge >= 0.3 is 12.2 Å². The maximum atomic E-state index is 13.1. The number of alkyl halides is 3. The van der Waals surface area contributed by atoms with Crippen molar-refractivity contribution in [1.29, 1.82) is 0 Å². The summed E-state index contributed by atoms with van der Waals surface area (Å²) in [7, 11) is 0. The number of phenolic OH excluding ortho intramolecular Hbond substituents is 1. The Morgan fingerprint density at radius 2 is 1.40 bits per heavy atom. The van der Waals surface area contributed by atoms with Crippen molar-refractivity contribution in [2.45, 2.75) is 58.5 Å². The number of urea groups is 1. The Kier molecular flexibility index (Phi) is 10.4. The molecule has 4 N–H and O–H groups in total. The Hall–Kier alpha value is -5.10. The first-order valence-corrected chi connectivity index (χ1v) is 15.1. The number of aromatic nitrogens is 1. The zero-order valence-corrected chi connectivity index (χ0v) is 27.8. The van der Waals surface area contributed by atoms with Crippen LogP contribution in [0.1, 0.15) is 74.3 Å². The third-order valence-electron chi connectivity index (χ3n) is 6.97. The minimum absolute atomic E-state index is 0.0481.